The van der Waals surface area contributed by atoms with Gasteiger partial charge >= 0.3 is 0 Å². The molecule has 0 spiro atoms. The molecule has 4 rings (SSSR count). The Labute approximate surface area is 182 Å². The fourth-order valence-corrected chi connectivity index (χ4v) is 4.18. The fourth-order valence-electron chi connectivity index (χ4n) is 3.07. The highest BCUT2D eigenvalue weighted by molar-refractivity contribution is 7.99. The van der Waals surface area contributed by atoms with Crippen LogP contribution in [0.5, 0.6) is 0 Å². The van der Waals surface area contributed by atoms with Gasteiger partial charge in [-0.05, 0) is 42.5 Å². The van der Waals surface area contributed by atoms with Gasteiger partial charge in [0.1, 0.15) is 0 Å². The zero-order chi connectivity index (χ0) is 21.1. The van der Waals surface area contributed by atoms with E-state index in [0.29, 0.717) is 26.8 Å². The molecular formula is C23H18ClN3O2S. The first-order valence-corrected chi connectivity index (χ1v) is 10.6. The van der Waals surface area contributed by atoms with E-state index in [0.717, 1.165) is 5.69 Å². The molecule has 0 radical (unpaired) electrons. The Kier molecular flexibility index (Phi) is 5.88. The Balaban J connectivity index is 1.72. The molecule has 1 heterocycles. The highest BCUT2D eigenvalue weighted by atomic mass is 35.5. The first-order valence-electron chi connectivity index (χ1n) is 9.27. The summed E-state index contributed by atoms with van der Waals surface area (Å²) in [5.41, 5.74) is 1.81. The second-order valence-electron chi connectivity index (χ2n) is 6.61. The van der Waals surface area contributed by atoms with Crippen molar-refractivity contribution in [2.45, 2.75) is 5.16 Å². The summed E-state index contributed by atoms with van der Waals surface area (Å²) in [6.07, 6.45) is 0. The molecule has 150 valence electrons. The summed E-state index contributed by atoms with van der Waals surface area (Å²) in [6.45, 7) is 0. The van der Waals surface area contributed by atoms with Crippen LogP contribution in [0.25, 0.3) is 16.6 Å². The number of nitrogens with zero attached hydrogens (tertiary/aromatic N) is 3. The van der Waals surface area contributed by atoms with Gasteiger partial charge in [-0.25, -0.2) is 4.98 Å². The molecule has 30 heavy (non-hydrogen) atoms. The summed E-state index contributed by atoms with van der Waals surface area (Å²) >= 11 is 7.38. The molecular weight excluding hydrogens is 418 g/mol. The normalized spacial score (nSPS) is 10.9. The van der Waals surface area contributed by atoms with E-state index in [2.05, 4.69) is 4.98 Å². The average Bonchev–Trinajstić information content (AvgIpc) is 2.77. The molecule has 0 fully saturated rings. The minimum absolute atomic E-state index is 0.0914. The molecule has 0 unspecified atom stereocenters. The number of hydrogen-bond donors (Lipinski definition) is 0. The second kappa shape index (κ2) is 8.73. The first kappa shape index (κ1) is 20.2. The van der Waals surface area contributed by atoms with Gasteiger partial charge in [0.25, 0.3) is 5.56 Å². The van der Waals surface area contributed by atoms with Crippen molar-refractivity contribution < 1.29 is 4.79 Å². The lowest BCUT2D eigenvalue weighted by atomic mass is 10.2. The zero-order valence-electron chi connectivity index (χ0n) is 16.2. The molecule has 0 N–H and O–H groups in total. The maximum atomic E-state index is 13.2. The highest BCUT2D eigenvalue weighted by Gasteiger charge is 2.17. The molecule has 1 amide bonds. The predicted octanol–water partition coefficient (Wildman–Crippen LogP) is 4.79. The number of benzene rings is 3. The third kappa shape index (κ3) is 4.10. The molecule has 0 aliphatic heterocycles. The number of halogens is 1. The maximum Gasteiger partial charge on any atom is 0.266 e. The Hall–Kier alpha value is -3.09. The van der Waals surface area contributed by atoms with Crippen LogP contribution in [-0.2, 0) is 4.79 Å². The molecule has 0 aliphatic rings. The Bertz CT molecular complexity index is 1270. The number of para-hydroxylation sites is 2. The van der Waals surface area contributed by atoms with Gasteiger partial charge in [0.15, 0.2) is 5.16 Å². The van der Waals surface area contributed by atoms with Crippen LogP contribution in [0.2, 0.25) is 5.02 Å². The van der Waals surface area contributed by atoms with E-state index in [9.17, 15) is 9.59 Å². The summed E-state index contributed by atoms with van der Waals surface area (Å²) in [4.78, 5) is 32.2. The monoisotopic (exact) mass is 435 g/mol. The van der Waals surface area contributed by atoms with Crippen molar-refractivity contribution >= 4 is 45.9 Å². The van der Waals surface area contributed by atoms with E-state index >= 15 is 0 Å². The minimum Gasteiger partial charge on any atom is -0.315 e. The summed E-state index contributed by atoms with van der Waals surface area (Å²) in [6, 6.07) is 23.6. The smallest absolute Gasteiger partial charge is 0.266 e. The van der Waals surface area contributed by atoms with Crippen molar-refractivity contribution in [2.24, 2.45) is 0 Å². The number of carbonyl (C=O) groups excluding carboxylic acids is 1. The summed E-state index contributed by atoms with van der Waals surface area (Å²) < 4.78 is 1.51. The third-order valence-corrected chi connectivity index (χ3v) is 5.81. The van der Waals surface area contributed by atoms with Gasteiger partial charge < -0.3 is 4.90 Å². The Morgan fingerprint density at radius 1 is 1.03 bits per heavy atom. The summed E-state index contributed by atoms with van der Waals surface area (Å²) in [5, 5.41) is 1.47. The van der Waals surface area contributed by atoms with E-state index < -0.39 is 0 Å². The minimum atomic E-state index is -0.200. The van der Waals surface area contributed by atoms with Crippen molar-refractivity contribution in [3.8, 4) is 5.69 Å². The number of carbonyl (C=O) groups is 1. The summed E-state index contributed by atoms with van der Waals surface area (Å²) in [7, 11) is 1.73. The molecule has 0 atom stereocenters. The van der Waals surface area contributed by atoms with Gasteiger partial charge in [0.05, 0.1) is 22.3 Å². The van der Waals surface area contributed by atoms with Crippen molar-refractivity contribution in [1.29, 1.82) is 0 Å². The topological polar surface area (TPSA) is 55.2 Å². The molecule has 0 bridgehead atoms. The lowest BCUT2D eigenvalue weighted by Gasteiger charge is -2.18. The number of hydrogen-bond acceptors (Lipinski definition) is 4. The number of amides is 1. The number of thioether (sulfide) groups is 1. The number of aromatic nitrogens is 2. The van der Waals surface area contributed by atoms with E-state index in [4.69, 9.17) is 11.6 Å². The fraction of sp³-hybridized carbons (Fsp3) is 0.0870. The zero-order valence-corrected chi connectivity index (χ0v) is 17.7. The van der Waals surface area contributed by atoms with Crippen LogP contribution in [0, 0.1) is 0 Å². The average molecular weight is 436 g/mol. The van der Waals surface area contributed by atoms with Crippen molar-refractivity contribution in [2.75, 3.05) is 17.7 Å². The Morgan fingerprint density at radius 3 is 2.53 bits per heavy atom. The molecule has 0 saturated carbocycles. The van der Waals surface area contributed by atoms with E-state index in [-0.39, 0.29) is 17.2 Å². The predicted molar refractivity (Wildman–Crippen MR) is 123 cm³/mol. The molecule has 0 saturated heterocycles. The third-order valence-electron chi connectivity index (χ3n) is 4.65. The highest BCUT2D eigenvalue weighted by Crippen LogP contribution is 2.24. The van der Waals surface area contributed by atoms with Crippen LogP contribution < -0.4 is 10.5 Å². The van der Waals surface area contributed by atoms with Gasteiger partial charge in [0, 0.05) is 17.8 Å². The van der Waals surface area contributed by atoms with Crippen molar-refractivity contribution in [1.82, 2.24) is 9.55 Å². The SMILES string of the molecule is CN(C(=O)CSc1nc2ccccc2c(=O)n1-c1cccc(Cl)c1)c1ccccc1. The second-order valence-corrected chi connectivity index (χ2v) is 7.99. The van der Waals surface area contributed by atoms with Gasteiger partial charge in [-0.2, -0.15) is 0 Å². The Morgan fingerprint density at radius 2 is 1.77 bits per heavy atom. The van der Waals surface area contributed by atoms with Gasteiger partial charge in [0.2, 0.25) is 5.91 Å². The van der Waals surface area contributed by atoms with Gasteiger partial charge in [-0.15, -0.1) is 0 Å². The lowest BCUT2D eigenvalue weighted by Crippen LogP contribution is -2.28. The van der Waals surface area contributed by atoms with Crippen LogP contribution in [0.1, 0.15) is 0 Å². The maximum absolute atomic E-state index is 13.2. The number of anilines is 1. The molecule has 7 heteroatoms. The van der Waals surface area contributed by atoms with Crippen molar-refractivity contribution in [3.63, 3.8) is 0 Å². The quantitative estimate of drug-likeness (QED) is 0.334. The lowest BCUT2D eigenvalue weighted by molar-refractivity contribution is -0.115. The summed E-state index contributed by atoms with van der Waals surface area (Å²) in [5.74, 6) is 0.0442. The largest absolute Gasteiger partial charge is 0.315 e. The van der Waals surface area contributed by atoms with E-state index in [1.165, 1.54) is 16.3 Å². The van der Waals surface area contributed by atoms with Gasteiger partial charge in [-0.1, -0.05) is 59.8 Å². The van der Waals surface area contributed by atoms with Crippen LogP contribution >= 0.6 is 23.4 Å². The first-order chi connectivity index (χ1) is 14.5. The van der Waals surface area contributed by atoms with Crippen LogP contribution in [0.4, 0.5) is 5.69 Å². The molecule has 0 aliphatic carbocycles. The van der Waals surface area contributed by atoms with Gasteiger partial charge in [-0.3, -0.25) is 14.2 Å². The van der Waals surface area contributed by atoms with Crippen molar-refractivity contribution in [3.05, 3.63) is 94.2 Å². The number of rotatable bonds is 5. The molecule has 3 aromatic carbocycles. The van der Waals surface area contributed by atoms with Crippen LogP contribution in [0.15, 0.2) is 88.8 Å². The van der Waals surface area contributed by atoms with E-state index in [1.807, 2.05) is 36.4 Å². The molecule has 4 aromatic rings. The standard InChI is InChI=1S/C23H18ClN3O2S/c1-26(17-9-3-2-4-10-17)21(28)15-30-23-25-20-13-6-5-12-19(20)22(29)27(23)18-11-7-8-16(24)14-18/h2-14H,15H2,1H3. The molecule has 5 nitrogen and oxygen atoms in total. The molecule has 1 aromatic heterocycles. The van der Waals surface area contributed by atoms with Crippen LogP contribution in [-0.4, -0.2) is 28.3 Å². The van der Waals surface area contributed by atoms with E-state index in [1.54, 1.807) is 54.4 Å². The number of fused-ring (bicyclic) bond motifs is 1. The van der Waals surface area contributed by atoms with Crippen LogP contribution in [0.3, 0.4) is 0 Å².